The van der Waals surface area contributed by atoms with E-state index in [2.05, 4.69) is 31.0 Å². The van der Waals surface area contributed by atoms with Crippen LogP contribution in [0.2, 0.25) is 0 Å². The first kappa shape index (κ1) is 14.5. The van der Waals surface area contributed by atoms with Crippen LogP contribution in [0.25, 0.3) is 0 Å². The number of carbonyl (C=O) groups is 1. The molecule has 1 aromatic rings. The zero-order valence-corrected chi connectivity index (χ0v) is 12.6. The summed E-state index contributed by atoms with van der Waals surface area (Å²) in [6.07, 6.45) is 5.85. The third-order valence-corrected chi connectivity index (χ3v) is 5.25. The van der Waals surface area contributed by atoms with Crippen molar-refractivity contribution in [2.45, 2.75) is 57.5 Å². The second kappa shape index (κ2) is 6.06. The lowest BCUT2D eigenvalue weighted by Crippen LogP contribution is -2.48. The van der Waals surface area contributed by atoms with Gasteiger partial charge in [-0.2, -0.15) is 0 Å². The summed E-state index contributed by atoms with van der Waals surface area (Å²) in [4.78, 5) is 16.1. The van der Waals surface area contributed by atoms with Crippen LogP contribution in [0.1, 0.15) is 48.3 Å². The van der Waals surface area contributed by atoms with Crippen molar-refractivity contribution < 1.29 is 9.90 Å². The van der Waals surface area contributed by atoms with Gasteiger partial charge in [0.1, 0.15) is 0 Å². The van der Waals surface area contributed by atoms with E-state index in [9.17, 15) is 9.90 Å². The molecule has 1 saturated carbocycles. The predicted molar refractivity (Wildman–Crippen MR) is 78.6 cm³/mol. The molecule has 0 unspecified atom stereocenters. The monoisotopic (exact) mass is 281 g/mol. The van der Waals surface area contributed by atoms with Crippen LogP contribution in [0.4, 0.5) is 0 Å². The topological polar surface area (TPSA) is 40.5 Å². The minimum atomic E-state index is -0.670. The summed E-state index contributed by atoms with van der Waals surface area (Å²) >= 11 is 1.81. The van der Waals surface area contributed by atoms with Crippen LogP contribution in [-0.2, 0) is 11.3 Å². The summed E-state index contributed by atoms with van der Waals surface area (Å²) < 4.78 is 0. The molecule has 3 nitrogen and oxygen atoms in total. The van der Waals surface area contributed by atoms with Crippen LogP contribution in [-0.4, -0.2) is 28.6 Å². The van der Waals surface area contributed by atoms with E-state index in [0.29, 0.717) is 0 Å². The van der Waals surface area contributed by atoms with Crippen molar-refractivity contribution in [1.29, 1.82) is 0 Å². The molecule has 19 heavy (non-hydrogen) atoms. The fourth-order valence-electron chi connectivity index (χ4n) is 3.16. The van der Waals surface area contributed by atoms with Gasteiger partial charge in [-0.25, -0.2) is 0 Å². The Bertz CT molecular complexity index is 435. The highest BCUT2D eigenvalue weighted by Crippen LogP contribution is 2.37. The molecule has 1 N–H and O–H groups in total. The maximum absolute atomic E-state index is 11.2. The molecular formula is C15H23NO2S. The number of rotatable bonds is 5. The quantitative estimate of drug-likeness (QED) is 0.895. The number of hydrogen-bond acceptors (Lipinski definition) is 3. The number of carboxylic acids is 1. The van der Waals surface area contributed by atoms with Crippen molar-refractivity contribution in [3.63, 3.8) is 0 Å². The average molecular weight is 281 g/mol. The summed E-state index contributed by atoms with van der Waals surface area (Å²) in [5.74, 6) is -0.670. The number of carboxylic acid groups (broad SMARTS) is 1. The van der Waals surface area contributed by atoms with Gasteiger partial charge in [-0.05, 0) is 38.9 Å². The van der Waals surface area contributed by atoms with Crippen LogP contribution in [0.3, 0.4) is 0 Å². The summed E-state index contributed by atoms with van der Waals surface area (Å²) in [6, 6.07) is 4.30. The van der Waals surface area contributed by atoms with Crippen LogP contribution in [0.15, 0.2) is 12.1 Å². The van der Waals surface area contributed by atoms with Gasteiger partial charge in [0.15, 0.2) is 0 Å². The largest absolute Gasteiger partial charge is 0.481 e. The Balaban J connectivity index is 2.10. The smallest absolute Gasteiger partial charge is 0.305 e. The number of thiophene rings is 1. The van der Waals surface area contributed by atoms with E-state index >= 15 is 0 Å². The normalized spacial score (nSPS) is 18.7. The van der Waals surface area contributed by atoms with Crippen LogP contribution < -0.4 is 0 Å². The Kier molecular flexibility index (Phi) is 4.63. The summed E-state index contributed by atoms with van der Waals surface area (Å²) in [7, 11) is 2.09. The Morgan fingerprint density at radius 3 is 2.58 bits per heavy atom. The van der Waals surface area contributed by atoms with E-state index in [1.54, 1.807) is 0 Å². The Hall–Kier alpha value is -0.870. The van der Waals surface area contributed by atoms with Gasteiger partial charge in [0.05, 0.1) is 6.42 Å². The van der Waals surface area contributed by atoms with Crippen molar-refractivity contribution in [3.8, 4) is 0 Å². The lowest BCUT2D eigenvalue weighted by Gasteiger charge is -2.43. The van der Waals surface area contributed by atoms with Gasteiger partial charge in [0, 0.05) is 21.8 Å². The number of hydrogen-bond donors (Lipinski definition) is 1. The van der Waals surface area contributed by atoms with Crippen molar-refractivity contribution in [3.05, 3.63) is 21.9 Å². The molecule has 0 saturated heterocycles. The number of nitrogens with zero attached hydrogens (tertiary/aromatic N) is 1. The molecule has 1 aliphatic carbocycles. The first-order valence-electron chi connectivity index (χ1n) is 7.00. The van der Waals surface area contributed by atoms with E-state index in [1.807, 2.05) is 11.3 Å². The summed E-state index contributed by atoms with van der Waals surface area (Å²) in [5, 5.41) is 9.23. The molecular weight excluding hydrogens is 258 g/mol. The Morgan fingerprint density at radius 1 is 1.37 bits per heavy atom. The van der Waals surface area contributed by atoms with Gasteiger partial charge < -0.3 is 5.11 Å². The van der Waals surface area contributed by atoms with Gasteiger partial charge in [-0.15, -0.1) is 11.3 Å². The first-order valence-corrected chi connectivity index (χ1v) is 7.82. The molecule has 0 bridgehead atoms. The van der Waals surface area contributed by atoms with Gasteiger partial charge in [0.2, 0.25) is 0 Å². The van der Waals surface area contributed by atoms with E-state index in [0.717, 1.165) is 32.2 Å². The lowest BCUT2D eigenvalue weighted by molar-refractivity contribution is -0.141. The zero-order chi connectivity index (χ0) is 13.9. The molecule has 1 fully saturated rings. The third-order valence-electron chi connectivity index (χ3n) is 4.26. The van der Waals surface area contributed by atoms with E-state index < -0.39 is 5.97 Å². The van der Waals surface area contributed by atoms with Gasteiger partial charge >= 0.3 is 5.97 Å². The molecule has 0 spiro atoms. The first-order chi connectivity index (χ1) is 9.02. The highest BCUT2D eigenvalue weighted by atomic mass is 32.1. The zero-order valence-electron chi connectivity index (χ0n) is 11.8. The van der Waals surface area contributed by atoms with Crippen molar-refractivity contribution in [1.82, 2.24) is 4.90 Å². The van der Waals surface area contributed by atoms with E-state index in [-0.39, 0.29) is 12.0 Å². The summed E-state index contributed by atoms with van der Waals surface area (Å²) in [6.45, 7) is 2.98. The average Bonchev–Trinajstić information content (AvgIpc) is 2.75. The fourth-order valence-corrected chi connectivity index (χ4v) is 4.10. The van der Waals surface area contributed by atoms with E-state index in [4.69, 9.17) is 0 Å². The standard InChI is InChI=1S/C15H23NO2S/c1-12-6-7-13(19-12)11-16(2)15(10-14(17)18)8-4-3-5-9-15/h6-7H,3-5,8-11H2,1-2H3,(H,17,18). The van der Waals surface area contributed by atoms with Crippen molar-refractivity contribution >= 4 is 17.3 Å². The molecule has 1 heterocycles. The molecule has 1 aliphatic rings. The predicted octanol–water partition coefficient (Wildman–Crippen LogP) is 3.67. The van der Waals surface area contributed by atoms with E-state index in [1.165, 1.54) is 16.2 Å². The maximum Gasteiger partial charge on any atom is 0.305 e. The Labute approximate surface area is 119 Å². The molecule has 4 heteroatoms. The highest BCUT2D eigenvalue weighted by molar-refractivity contribution is 7.11. The van der Waals surface area contributed by atoms with Crippen molar-refractivity contribution in [2.24, 2.45) is 0 Å². The lowest BCUT2D eigenvalue weighted by atomic mass is 9.78. The van der Waals surface area contributed by atoms with Crippen LogP contribution >= 0.6 is 11.3 Å². The molecule has 0 aromatic carbocycles. The third kappa shape index (κ3) is 3.57. The van der Waals surface area contributed by atoms with Crippen molar-refractivity contribution in [2.75, 3.05) is 7.05 Å². The molecule has 1 aromatic heterocycles. The molecule has 0 atom stereocenters. The fraction of sp³-hybridized carbons (Fsp3) is 0.667. The minimum absolute atomic E-state index is 0.137. The maximum atomic E-state index is 11.2. The number of aliphatic carboxylic acids is 1. The number of aryl methyl sites for hydroxylation is 1. The SMILES string of the molecule is Cc1ccc(CN(C)C2(CC(=O)O)CCCCC2)s1. The van der Waals surface area contributed by atoms with Crippen LogP contribution in [0, 0.1) is 6.92 Å². The van der Waals surface area contributed by atoms with Gasteiger partial charge in [-0.3, -0.25) is 9.69 Å². The van der Waals surface area contributed by atoms with Gasteiger partial charge in [0.25, 0.3) is 0 Å². The second-order valence-electron chi connectivity index (χ2n) is 5.72. The Morgan fingerprint density at radius 2 is 2.05 bits per heavy atom. The molecule has 0 aliphatic heterocycles. The minimum Gasteiger partial charge on any atom is -0.481 e. The second-order valence-corrected chi connectivity index (χ2v) is 7.10. The molecule has 2 rings (SSSR count). The molecule has 0 radical (unpaired) electrons. The van der Waals surface area contributed by atoms with Gasteiger partial charge in [-0.1, -0.05) is 19.3 Å². The molecule has 0 amide bonds. The van der Waals surface area contributed by atoms with Crippen LogP contribution in [0.5, 0.6) is 0 Å². The highest BCUT2D eigenvalue weighted by Gasteiger charge is 2.38. The molecule has 106 valence electrons. The summed E-state index contributed by atoms with van der Waals surface area (Å²) in [5.41, 5.74) is -0.137.